The van der Waals surface area contributed by atoms with E-state index in [1.54, 1.807) is 25.3 Å². The SMILES string of the molecule is COc1ccc(CCCNC(=S)Nc2cccc(N(C)S(C)(=O)=O)c2)cc1. The minimum atomic E-state index is -3.30. The van der Waals surface area contributed by atoms with Gasteiger partial charge in [0.1, 0.15) is 5.75 Å². The van der Waals surface area contributed by atoms with Crippen LogP contribution in [0.15, 0.2) is 48.5 Å². The molecule has 2 N–H and O–H groups in total. The maximum absolute atomic E-state index is 11.7. The van der Waals surface area contributed by atoms with Crippen LogP contribution in [-0.2, 0) is 16.4 Å². The second-order valence-corrected chi connectivity index (χ2v) is 8.54. The molecule has 0 aromatic heterocycles. The van der Waals surface area contributed by atoms with Gasteiger partial charge in [-0.2, -0.15) is 0 Å². The number of thiocarbonyl (C=S) groups is 1. The van der Waals surface area contributed by atoms with E-state index in [9.17, 15) is 8.42 Å². The van der Waals surface area contributed by atoms with Crippen LogP contribution in [0.2, 0.25) is 0 Å². The average Bonchev–Trinajstić information content (AvgIpc) is 2.64. The first-order valence-corrected chi connectivity index (χ1v) is 10.8. The van der Waals surface area contributed by atoms with Gasteiger partial charge in [0.05, 0.1) is 19.1 Å². The highest BCUT2D eigenvalue weighted by Crippen LogP contribution is 2.20. The topological polar surface area (TPSA) is 70.7 Å². The number of hydrogen-bond acceptors (Lipinski definition) is 4. The molecule has 27 heavy (non-hydrogen) atoms. The minimum absolute atomic E-state index is 0.504. The fraction of sp³-hybridized carbons (Fsp3) is 0.316. The van der Waals surface area contributed by atoms with Crippen LogP contribution in [0.1, 0.15) is 12.0 Å². The van der Waals surface area contributed by atoms with Crippen LogP contribution in [0.4, 0.5) is 11.4 Å². The molecule has 0 heterocycles. The van der Waals surface area contributed by atoms with Crippen molar-refractivity contribution in [1.29, 1.82) is 0 Å². The third kappa shape index (κ3) is 6.73. The number of hydrogen-bond donors (Lipinski definition) is 2. The molecule has 0 aliphatic heterocycles. The number of nitrogens with one attached hydrogen (secondary N) is 2. The smallest absolute Gasteiger partial charge is 0.231 e. The lowest BCUT2D eigenvalue weighted by Gasteiger charge is -2.18. The normalized spacial score (nSPS) is 10.9. The van der Waals surface area contributed by atoms with Gasteiger partial charge in [0.2, 0.25) is 10.0 Å². The van der Waals surface area contributed by atoms with Gasteiger partial charge in [0.15, 0.2) is 5.11 Å². The van der Waals surface area contributed by atoms with Gasteiger partial charge in [0, 0.05) is 19.3 Å². The highest BCUT2D eigenvalue weighted by atomic mass is 32.2. The Morgan fingerprint density at radius 3 is 2.52 bits per heavy atom. The maximum atomic E-state index is 11.7. The lowest BCUT2D eigenvalue weighted by Crippen LogP contribution is -2.29. The van der Waals surface area contributed by atoms with E-state index >= 15 is 0 Å². The summed E-state index contributed by atoms with van der Waals surface area (Å²) >= 11 is 5.31. The number of aryl methyl sites for hydroxylation is 1. The van der Waals surface area contributed by atoms with E-state index in [1.807, 2.05) is 18.2 Å². The Labute approximate surface area is 166 Å². The largest absolute Gasteiger partial charge is 0.497 e. The lowest BCUT2D eigenvalue weighted by atomic mass is 10.1. The highest BCUT2D eigenvalue weighted by molar-refractivity contribution is 7.92. The quantitative estimate of drug-likeness (QED) is 0.518. The molecule has 8 heteroatoms. The molecule has 2 aromatic rings. The monoisotopic (exact) mass is 407 g/mol. The van der Waals surface area contributed by atoms with Crippen molar-refractivity contribution in [2.45, 2.75) is 12.8 Å². The van der Waals surface area contributed by atoms with Crippen molar-refractivity contribution in [2.24, 2.45) is 0 Å². The van der Waals surface area contributed by atoms with Crippen LogP contribution in [0.25, 0.3) is 0 Å². The second-order valence-electron chi connectivity index (χ2n) is 6.11. The van der Waals surface area contributed by atoms with Crippen LogP contribution >= 0.6 is 12.2 Å². The Kier molecular flexibility index (Phi) is 7.44. The molecule has 0 amide bonds. The number of benzene rings is 2. The molecule has 0 atom stereocenters. The van der Waals surface area contributed by atoms with Gasteiger partial charge < -0.3 is 15.4 Å². The van der Waals surface area contributed by atoms with Gasteiger partial charge >= 0.3 is 0 Å². The molecular weight excluding hydrogens is 382 g/mol. The number of methoxy groups -OCH3 is 1. The molecule has 2 aromatic carbocycles. The number of anilines is 2. The molecule has 0 radical (unpaired) electrons. The molecule has 0 fully saturated rings. The van der Waals surface area contributed by atoms with Gasteiger partial charge in [-0.3, -0.25) is 4.31 Å². The summed E-state index contributed by atoms with van der Waals surface area (Å²) in [6.45, 7) is 0.737. The fourth-order valence-corrected chi connectivity index (χ4v) is 3.15. The molecule has 0 saturated carbocycles. The summed E-state index contributed by atoms with van der Waals surface area (Å²) in [5.74, 6) is 0.853. The minimum Gasteiger partial charge on any atom is -0.497 e. The van der Waals surface area contributed by atoms with Gasteiger partial charge in [-0.1, -0.05) is 18.2 Å². The first kappa shape index (κ1) is 21.0. The van der Waals surface area contributed by atoms with E-state index < -0.39 is 10.0 Å². The predicted octanol–water partition coefficient (Wildman–Crippen LogP) is 3.01. The first-order chi connectivity index (χ1) is 12.8. The number of nitrogens with zero attached hydrogens (tertiary/aromatic N) is 1. The Bertz CT molecular complexity index is 868. The molecule has 0 unspecified atom stereocenters. The molecule has 2 rings (SSSR count). The van der Waals surface area contributed by atoms with Gasteiger partial charge in [-0.15, -0.1) is 0 Å². The van der Waals surface area contributed by atoms with Crippen molar-refractivity contribution in [1.82, 2.24) is 5.32 Å². The zero-order valence-electron chi connectivity index (χ0n) is 15.7. The van der Waals surface area contributed by atoms with Crippen LogP contribution in [0.5, 0.6) is 5.75 Å². The van der Waals surface area contributed by atoms with Crippen molar-refractivity contribution in [3.05, 3.63) is 54.1 Å². The van der Waals surface area contributed by atoms with Crippen molar-refractivity contribution in [3.63, 3.8) is 0 Å². The predicted molar refractivity (Wildman–Crippen MR) is 115 cm³/mol. The molecule has 6 nitrogen and oxygen atoms in total. The molecule has 0 spiro atoms. The Balaban J connectivity index is 1.80. The summed E-state index contributed by atoms with van der Waals surface area (Å²) in [7, 11) is -0.128. The highest BCUT2D eigenvalue weighted by Gasteiger charge is 2.12. The summed E-state index contributed by atoms with van der Waals surface area (Å²) < 4.78 is 29.7. The fourth-order valence-electron chi connectivity index (χ4n) is 2.43. The van der Waals surface area contributed by atoms with Crippen molar-refractivity contribution in [2.75, 3.05) is 36.6 Å². The molecule has 0 saturated heterocycles. The van der Waals surface area contributed by atoms with E-state index in [2.05, 4.69) is 22.8 Å². The van der Waals surface area contributed by atoms with Crippen LogP contribution < -0.4 is 19.7 Å². The summed E-state index contributed by atoms with van der Waals surface area (Å²) in [6.07, 6.45) is 3.04. The standard InChI is InChI=1S/C19H25N3O3S2/c1-22(27(3,23)24)17-8-4-7-16(14-17)21-19(26)20-13-5-6-15-9-11-18(25-2)12-10-15/h4,7-12,14H,5-6,13H2,1-3H3,(H2,20,21,26). The molecule has 146 valence electrons. The molecule has 0 aliphatic carbocycles. The average molecular weight is 408 g/mol. The summed E-state index contributed by atoms with van der Waals surface area (Å²) in [6, 6.07) is 15.1. The Hall–Kier alpha value is -2.32. The number of sulfonamides is 1. The summed E-state index contributed by atoms with van der Waals surface area (Å²) in [5.41, 5.74) is 2.55. The molecule has 0 bridgehead atoms. The van der Waals surface area contributed by atoms with Crippen LogP contribution in [-0.4, -0.2) is 40.5 Å². The van der Waals surface area contributed by atoms with E-state index in [0.717, 1.165) is 30.8 Å². The third-order valence-electron chi connectivity index (χ3n) is 4.05. The maximum Gasteiger partial charge on any atom is 0.231 e. The second kappa shape index (κ2) is 9.57. The van der Waals surface area contributed by atoms with Crippen molar-refractivity contribution in [3.8, 4) is 5.75 Å². The van der Waals surface area contributed by atoms with Gasteiger partial charge in [-0.05, 0) is 61.0 Å². The molecular formula is C19H25N3O3S2. The number of rotatable bonds is 8. The third-order valence-corrected chi connectivity index (χ3v) is 5.50. The van der Waals surface area contributed by atoms with Crippen molar-refractivity contribution >= 4 is 38.7 Å². The summed E-state index contributed by atoms with van der Waals surface area (Å²) in [4.78, 5) is 0. The van der Waals surface area contributed by atoms with E-state index in [0.29, 0.717) is 10.8 Å². The van der Waals surface area contributed by atoms with E-state index in [-0.39, 0.29) is 0 Å². The van der Waals surface area contributed by atoms with Crippen LogP contribution in [0.3, 0.4) is 0 Å². The van der Waals surface area contributed by atoms with Gasteiger partial charge in [-0.25, -0.2) is 8.42 Å². The first-order valence-electron chi connectivity index (χ1n) is 8.51. The van der Waals surface area contributed by atoms with E-state index in [1.165, 1.54) is 23.2 Å². The van der Waals surface area contributed by atoms with Crippen LogP contribution in [0, 0.1) is 0 Å². The number of ether oxygens (including phenoxy) is 1. The van der Waals surface area contributed by atoms with Gasteiger partial charge in [0.25, 0.3) is 0 Å². The molecule has 0 aliphatic rings. The van der Waals surface area contributed by atoms with E-state index in [4.69, 9.17) is 17.0 Å². The Morgan fingerprint density at radius 1 is 1.19 bits per heavy atom. The van der Waals surface area contributed by atoms with Crippen molar-refractivity contribution < 1.29 is 13.2 Å². The Morgan fingerprint density at radius 2 is 1.89 bits per heavy atom. The zero-order chi connectivity index (χ0) is 19.9. The lowest BCUT2D eigenvalue weighted by molar-refractivity contribution is 0.414. The summed E-state index contributed by atoms with van der Waals surface area (Å²) in [5, 5.41) is 6.75. The zero-order valence-corrected chi connectivity index (χ0v) is 17.4.